The fourth-order valence-electron chi connectivity index (χ4n) is 0.838. The third-order valence-corrected chi connectivity index (χ3v) is 3.09. The molecule has 0 fully saturated rings. The van der Waals surface area contributed by atoms with Crippen molar-refractivity contribution in [2.75, 3.05) is 0 Å². The Morgan fingerprint density at radius 2 is 1.47 bits per heavy atom. The molecule has 0 saturated carbocycles. The molecule has 1 aromatic rings. The summed E-state index contributed by atoms with van der Waals surface area (Å²) in [5.41, 5.74) is 1.41. The molecule has 0 spiro atoms. The molecule has 19 heavy (non-hydrogen) atoms. The molecule has 0 bridgehead atoms. The summed E-state index contributed by atoms with van der Waals surface area (Å²) < 4.78 is 43.0. The van der Waals surface area contributed by atoms with Gasteiger partial charge >= 0.3 is 48.8 Å². The second-order valence-corrected chi connectivity index (χ2v) is 6.62. The van der Waals surface area contributed by atoms with Crippen LogP contribution in [0.3, 0.4) is 0 Å². The molecule has 7 nitrogen and oxygen atoms in total. The summed E-state index contributed by atoms with van der Waals surface area (Å²) in [5, 5.41) is 13.0. The van der Waals surface area contributed by atoms with Crippen molar-refractivity contribution in [3.05, 3.63) is 35.9 Å². The van der Waals surface area contributed by atoms with Crippen LogP contribution in [0, 0.1) is 0 Å². The molecule has 0 amide bonds. The largest absolute Gasteiger partial charge is 1.00 e. The van der Waals surface area contributed by atoms with Gasteiger partial charge in [-0.3, -0.25) is 9.11 Å². The van der Waals surface area contributed by atoms with Crippen LogP contribution in [-0.4, -0.2) is 27.0 Å². The van der Waals surface area contributed by atoms with Crippen molar-refractivity contribution in [1.82, 2.24) is 0 Å². The van der Waals surface area contributed by atoms with E-state index < -0.39 is 19.3 Å². The molecule has 1 rings (SSSR count). The molecule has 0 aliphatic heterocycles. The average molecular weight is 322 g/mol. The van der Waals surface area contributed by atoms with Gasteiger partial charge < -0.3 is 10.5 Å². The van der Waals surface area contributed by atoms with E-state index in [4.69, 9.17) is 19.6 Å². The maximum absolute atomic E-state index is 9.34. The minimum atomic E-state index is -4.71. The number of hydrogen-bond donors (Lipinski definition) is 3. The molecule has 3 N–H and O–H groups in total. The van der Waals surface area contributed by atoms with Gasteiger partial charge in [0.2, 0.25) is 0 Å². The van der Waals surface area contributed by atoms with Crippen LogP contribution in [0.1, 0.15) is 25.3 Å². The van der Waals surface area contributed by atoms with E-state index in [0.29, 0.717) is 5.92 Å². The van der Waals surface area contributed by atoms with Crippen molar-refractivity contribution in [3.8, 4) is 0 Å². The number of rotatable bonds is 2. The molecule has 1 unspecified atom stereocenters. The number of hydrogen-bond acceptors (Lipinski definition) is 5. The average Bonchev–Trinajstić information content (AvgIpc) is 2.32. The third-order valence-electron chi connectivity index (χ3n) is 1.65. The molecule has 0 aliphatic carbocycles. The van der Waals surface area contributed by atoms with Crippen LogP contribution in [0.2, 0.25) is 0 Å². The monoisotopic (exact) mass is 322 g/mol. The van der Waals surface area contributed by atoms with Crippen LogP contribution in [0.4, 0.5) is 0 Å². The molecule has 10 heteroatoms. The van der Waals surface area contributed by atoms with Crippen molar-refractivity contribution < 1.29 is 61.8 Å². The topological polar surface area (TPSA) is 135 Å². The Balaban J connectivity index is -0.000000233. The van der Waals surface area contributed by atoms with E-state index >= 15 is 0 Å². The van der Waals surface area contributed by atoms with E-state index in [1.165, 1.54) is 5.56 Å². The Morgan fingerprint density at radius 3 is 1.63 bits per heavy atom. The summed E-state index contributed by atoms with van der Waals surface area (Å²) in [6, 6.07) is 10.5. The first-order valence-electron chi connectivity index (χ1n) is 4.57. The molecule has 1 aromatic carbocycles. The van der Waals surface area contributed by atoms with Crippen LogP contribution < -0.4 is 34.8 Å². The SMILES string of the molecule is CC(C)c1ccccc1.O=S(O)S(=O)(=O)O.[Na+].[O-]O. The van der Waals surface area contributed by atoms with Crippen LogP contribution in [-0.2, 0) is 19.3 Å². The van der Waals surface area contributed by atoms with E-state index in [9.17, 15) is 12.6 Å². The minimum absolute atomic E-state index is 0. The van der Waals surface area contributed by atoms with Gasteiger partial charge in [0.05, 0.1) is 0 Å². The first-order valence-corrected chi connectivity index (χ1v) is 7.63. The molecular formula is C9H15NaO7S2. The zero-order valence-corrected chi connectivity index (χ0v) is 14.4. The van der Waals surface area contributed by atoms with E-state index in [2.05, 4.69) is 38.1 Å². The van der Waals surface area contributed by atoms with Gasteiger partial charge in [0, 0.05) is 0 Å². The Morgan fingerprint density at radius 1 is 1.16 bits per heavy atom. The fourth-order valence-corrected chi connectivity index (χ4v) is 0.838. The molecule has 0 aliphatic rings. The van der Waals surface area contributed by atoms with Crippen molar-refractivity contribution in [2.45, 2.75) is 19.8 Å². The number of benzene rings is 1. The van der Waals surface area contributed by atoms with Crippen molar-refractivity contribution in [1.29, 1.82) is 0 Å². The zero-order chi connectivity index (χ0) is 14.8. The van der Waals surface area contributed by atoms with Gasteiger partial charge in [0.1, 0.15) is 0 Å². The maximum Gasteiger partial charge on any atom is 1.00 e. The summed E-state index contributed by atoms with van der Waals surface area (Å²) in [6.07, 6.45) is 0. The predicted molar refractivity (Wildman–Crippen MR) is 65.5 cm³/mol. The van der Waals surface area contributed by atoms with Gasteiger partial charge in [-0.25, -0.2) is 4.21 Å². The van der Waals surface area contributed by atoms with Crippen LogP contribution in [0.15, 0.2) is 30.3 Å². The van der Waals surface area contributed by atoms with Crippen molar-refractivity contribution in [3.63, 3.8) is 0 Å². The Kier molecular flexibility index (Phi) is 16.8. The molecule has 0 radical (unpaired) electrons. The zero-order valence-electron chi connectivity index (χ0n) is 10.8. The molecule has 0 saturated heterocycles. The summed E-state index contributed by atoms with van der Waals surface area (Å²) in [5.74, 6) is 0.659. The normalized spacial score (nSPS) is 11.1. The van der Waals surface area contributed by atoms with Crippen molar-refractivity contribution >= 4 is 19.3 Å². The predicted octanol–water partition coefficient (Wildman–Crippen LogP) is -2.36. The molecule has 106 valence electrons. The molecular weight excluding hydrogens is 307 g/mol. The van der Waals surface area contributed by atoms with Crippen LogP contribution in [0.25, 0.3) is 0 Å². The maximum atomic E-state index is 9.34. The van der Waals surface area contributed by atoms with Gasteiger partial charge in [-0.05, 0) is 11.5 Å². The van der Waals surface area contributed by atoms with E-state index in [-0.39, 0.29) is 29.6 Å². The fraction of sp³-hybridized carbons (Fsp3) is 0.333. The summed E-state index contributed by atoms with van der Waals surface area (Å²) in [4.78, 5) is 0. The first kappa shape index (κ1) is 24.2. The van der Waals surface area contributed by atoms with Crippen molar-refractivity contribution in [2.24, 2.45) is 0 Å². The van der Waals surface area contributed by atoms with Gasteiger partial charge in [-0.1, -0.05) is 44.2 Å². The Bertz CT molecular complexity index is 433. The Hall–Kier alpha value is 0.160. The van der Waals surface area contributed by atoms with Gasteiger partial charge in [0.15, 0.2) is 0 Å². The Labute approximate surface area is 136 Å². The van der Waals surface area contributed by atoms with E-state index in [0.717, 1.165) is 0 Å². The van der Waals surface area contributed by atoms with E-state index in [1.54, 1.807) is 0 Å². The summed E-state index contributed by atoms with van der Waals surface area (Å²) in [7, 11) is -7.87. The molecule has 1 atom stereocenters. The van der Waals surface area contributed by atoms with E-state index in [1.807, 2.05) is 6.07 Å². The van der Waals surface area contributed by atoms with Crippen LogP contribution in [0.5, 0.6) is 0 Å². The summed E-state index contributed by atoms with van der Waals surface area (Å²) in [6.45, 7) is 4.41. The summed E-state index contributed by atoms with van der Waals surface area (Å²) >= 11 is 0. The minimum Gasteiger partial charge on any atom is -0.727 e. The van der Waals surface area contributed by atoms with Crippen LogP contribution >= 0.6 is 0 Å². The third kappa shape index (κ3) is 14.4. The molecule has 0 aromatic heterocycles. The quantitative estimate of drug-likeness (QED) is 0.138. The van der Waals surface area contributed by atoms with Gasteiger partial charge in [-0.2, -0.15) is 8.42 Å². The van der Waals surface area contributed by atoms with Gasteiger partial charge in [-0.15, -0.1) is 0 Å². The smallest absolute Gasteiger partial charge is 0.727 e. The standard InChI is InChI=1S/C9H12.Na.H2O5S2.H2O2/c1-8(2)9-6-4-3-5-7-9;;1-6(2)7(3,4)5;1-2/h3-8H,1-2H3;;(H,1,2)(H,3,4,5);1-2H/q;+1;;/p-1. The molecule has 0 heterocycles. The second-order valence-electron chi connectivity index (χ2n) is 3.21. The second kappa shape index (κ2) is 13.2. The van der Waals surface area contributed by atoms with Gasteiger partial charge in [0.25, 0.3) is 0 Å². The first-order chi connectivity index (χ1) is 8.25.